The van der Waals surface area contributed by atoms with E-state index in [0.29, 0.717) is 0 Å². The van der Waals surface area contributed by atoms with Gasteiger partial charge in [0.2, 0.25) is 0 Å². The first-order chi connectivity index (χ1) is 17.7. The number of hydrogen-bond acceptors (Lipinski definition) is 4. The molecule has 1 aromatic heterocycles. The van der Waals surface area contributed by atoms with E-state index >= 15 is 0 Å². The summed E-state index contributed by atoms with van der Waals surface area (Å²) in [7, 11) is 0. The molecular weight excluding hydrogens is 444 g/mol. The molecule has 3 saturated heterocycles. The van der Waals surface area contributed by atoms with Crippen molar-refractivity contribution in [2.75, 3.05) is 13.1 Å². The standard InChI is InChI=1S/C32H38N2O2/c1-2-23-22-34-20-16-24(23)21-29(34)30(27-15-19-33-28-14-8-7-13-26(27)28)36-31(35)32(17-9-4-10-18-32)25-11-5-3-6-12-25/h3,5-8,11-15,19,23-24,29-30H,2,4,9-10,16-18,20-22H2,1H3/t23-,24+,29+,30-/m0/s1. The summed E-state index contributed by atoms with van der Waals surface area (Å²) in [5, 5.41) is 1.10. The van der Waals surface area contributed by atoms with E-state index in [1.165, 1.54) is 19.3 Å². The summed E-state index contributed by atoms with van der Waals surface area (Å²) in [6, 6.07) is 21.0. The fraction of sp³-hybridized carbons (Fsp3) is 0.500. The molecule has 1 aliphatic carbocycles. The predicted octanol–water partition coefficient (Wildman–Crippen LogP) is 6.84. The third-order valence-corrected chi connectivity index (χ3v) is 9.46. The van der Waals surface area contributed by atoms with Crippen LogP contribution in [-0.4, -0.2) is 35.0 Å². The van der Waals surface area contributed by atoms with Gasteiger partial charge in [-0.25, -0.2) is 0 Å². The van der Waals surface area contributed by atoms with Gasteiger partial charge in [-0.3, -0.25) is 14.7 Å². The van der Waals surface area contributed by atoms with Crippen LogP contribution in [0.2, 0.25) is 0 Å². The second kappa shape index (κ2) is 9.97. The maximum absolute atomic E-state index is 14.4. The minimum atomic E-state index is -0.546. The number of nitrogens with zero attached hydrogens (tertiary/aromatic N) is 2. The summed E-state index contributed by atoms with van der Waals surface area (Å²) in [6.07, 6.45) is 10.3. The zero-order valence-electron chi connectivity index (χ0n) is 21.4. The normalized spacial score (nSPS) is 28.0. The first-order valence-corrected chi connectivity index (χ1v) is 14.0. The Bertz CT molecular complexity index is 1200. The number of carbonyl (C=O) groups excluding carboxylic acids is 1. The molecule has 2 bridgehead atoms. The van der Waals surface area contributed by atoms with Crippen molar-refractivity contribution in [1.29, 1.82) is 0 Å². The maximum atomic E-state index is 14.4. The second-order valence-electron chi connectivity index (χ2n) is 11.3. The van der Waals surface area contributed by atoms with Crippen molar-refractivity contribution in [3.63, 3.8) is 0 Å². The van der Waals surface area contributed by atoms with Gasteiger partial charge < -0.3 is 4.74 Å². The molecule has 4 heterocycles. The van der Waals surface area contributed by atoms with Gasteiger partial charge in [0.1, 0.15) is 6.10 Å². The average molecular weight is 483 g/mol. The Morgan fingerprint density at radius 3 is 2.58 bits per heavy atom. The molecule has 4 heteroatoms. The maximum Gasteiger partial charge on any atom is 0.317 e. The molecular formula is C32H38N2O2. The van der Waals surface area contributed by atoms with Crippen molar-refractivity contribution >= 4 is 16.9 Å². The highest BCUT2D eigenvalue weighted by Gasteiger charge is 2.48. The first-order valence-electron chi connectivity index (χ1n) is 14.0. The zero-order valence-corrected chi connectivity index (χ0v) is 21.4. The number of aromatic nitrogens is 1. The lowest BCUT2D eigenvalue weighted by molar-refractivity contribution is -0.166. The SMILES string of the molecule is CC[C@H]1CN2CC[C@@H]1C[C@@H]2[C@@H](OC(=O)C1(c2ccccc2)CCCCC1)c1ccnc2ccccc12. The molecule has 36 heavy (non-hydrogen) atoms. The quantitative estimate of drug-likeness (QED) is 0.361. The Kier molecular flexibility index (Phi) is 6.55. The summed E-state index contributed by atoms with van der Waals surface area (Å²) >= 11 is 0. The van der Waals surface area contributed by atoms with E-state index in [2.05, 4.69) is 65.3 Å². The van der Waals surface area contributed by atoms with E-state index in [-0.39, 0.29) is 18.1 Å². The monoisotopic (exact) mass is 482 g/mol. The van der Waals surface area contributed by atoms with Gasteiger partial charge in [-0.15, -0.1) is 0 Å². The van der Waals surface area contributed by atoms with Crippen molar-refractivity contribution in [3.8, 4) is 0 Å². The summed E-state index contributed by atoms with van der Waals surface area (Å²) in [5.41, 5.74) is 2.65. The third-order valence-electron chi connectivity index (χ3n) is 9.46. The van der Waals surface area contributed by atoms with Gasteiger partial charge in [-0.05, 0) is 61.8 Å². The molecule has 5 atom stereocenters. The lowest BCUT2D eigenvalue weighted by Crippen LogP contribution is -2.56. The number of hydrogen-bond donors (Lipinski definition) is 0. The molecule has 188 valence electrons. The molecule has 4 fully saturated rings. The van der Waals surface area contributed by atoms with Crippen molar-refractivity contribution in [2.45, 2.75) is 75.9 Å². The topological polar surface area (TPSA) is 42.4 Å². The summed E-state index contributed by atoms with van der Waals surface area (Å²) in [5.74, 6) is 1.44. The Morgan fingerprint density at radius 1 is 1.06 bits per heavy atom. The molecule has 0 amide bonds. The number of esters is 1. The lowest BCUT2D eigenvalue weighted by atomic mass is 9.69. The number of carbonyl (C=O) groups is 1. The van der Waals surface area contributed by atoms with E-state index in [9.17, 15) is 4.79 Å². The molecule has 0 spiro atoms. The third kappa shape index (κ3) is 4.14. The van der Waals surface area contributed by atoms with Crippen LogP contribution in [0, 0.1) is 11.8 Å². The summed E-state index contributed by atoms with van der Waals surface area (Å²) in [6.45, 7) is 4.54. The van der Waals surface area contributed by atoms with Crippen molar-refractivity contribution in [2.24, 2.45) is 11.8 Å². The van der Waals surface area contributed by atoms with E-state index in [4.69, 9.17) is 4.74 Å². The Morgan fingerprint density at radius 2 is 1.83 bits per heavy atom. The number of para-hydroxylation sites is 1. The van der Waals surface area contributed by atoms with Crippen LogP contribution in [-0.2, 0) is 14.9 Å². The summed E-state index contributed by atoms with van der Waals surface area (Å²) < 4.78 is 6.79. The van der Waals surface area contributed by atoms with Gasteiger partial charge in [-0.1, -0.05) is 81.1 Å². The van der Waals surface area contributed by atoms with Crippen LogP contribution in [0.15, 0.2) is 66.9 Å². The number of fused-ring (bicyclic) bond motifs is 4. The van der Waals surface area contributed by atoms with Gasteiger partial charge in [0.15, 0.2) is 0 Å². The van der Waals surface area contributed by atoms with Crippen LogP contribution in [0.1, 0.15) is 75.5 Å². The van der Waals surface area contributed by atoms with E-state index in [1.54, 1.807) is 0 Å². The number of ether oxygens (including phenoxy) is 1. The first kappa shape index (κ1) is 23.7. The number of benzene rings is 2. The Hall–Kier alpha value is -2.72. The van der Waals surface area contributed by atoms with Gasteiger partial charge in [0.05, 0.1) is 17.0 Å². The van der Waals surface area contributed by atoms with E-state index in [0.717, 1.165) is 79.1 Å². The van der Waals surface area contributed by atoms with Crippen LogP contribution < -0.4 is 0 Å². The molecule has 2 aromatic carbocycles. The molecule has 0 radical (unpaired) electrons. The van der Waals surface area contributed by atoms with Crippen LogP contribution in [0.4, 0.5) is 0 Å². The predicted molar refractivity (Wildman–Crippen MR) is 144 cm³/mol. The van der Waals surface area contributed by atoms with Gasteiger partial charge in [-0.2, -0.15) is 0 Å². The molecule has 7 rings (SSSR count). The molecule has 0 N–H and O–H groups in total. The van der Waals surface area contributed by atoms with E-state index in [1.807, 2.05) is 18.3 Å². The van der Waals surface area contributed by atoms with Crippen LogP contribution >= 0.6 is 0 Å². The summed E-state index contributed by atoms with van der Waals surface area (Å²) in [4.78, 5) is 21.6. The van der Waals surface area contributed by atoms with Crippen LogP contribution in [0.25, 0.3) is 10.9 Å². The highest BCUT2D eigenvalue weighted by Crippen LogP contribution is 2.46. The Labute approximate surface area is 215 Å². The fourth-order valence-corrected chi connectivity index (χ4v) is 7.42. The Balaban J connectivity index is 1.40. The molecule has 3 aromatic rings. The second-order valence-corrected chi connectivity index (χ2v) is 11.3. The zero-order chi connectivity index (χ0) is 24.5. The smallest absolute Gasteiger partial charge is 0.317 e. The number of rotatable bonds is 6. The molecule has 4 aliphatic rings. The van der Waals surface area contributed by atoms with Gasteiger partial charge in [0.25, 0.3) is 0 Å². The largest absolute Gasteiger partial charge is 0.455 e. The van der Waals surface area contributed by atoms with Gasteiger partial charge >= 0.3 is 5.97 Å². The molecule has 1 saturated carbocycles. The van der Waals surface area contributed by atoms with Gasteiger partial charge in [0, 0.05) is 23.7 Å². The number of piperidine rings is 3. The minimum Gasteiger partial charge on any atom is -0.455 e. The van der Waals surface area contributed by atoms with Crippen LogP contribution in [0.3, 0.4) is 0 Å². The highest BCUT2D eigenvalue weighted by atomic mass is 16.5. The molecule has 3 aliphatic heterocycles. The molecule has 1 unspecified atom stereocenters. The fourth-order valence-electron chi connectivity index (χ4n) is 7.42. The molecule has 4 nitrogen and oxygen atoms in total. The lowest BCUT2D eigenvalue weighted by Gasteiger charge is -2.52. The van der Waals surface area contributed by atoms with Crippen molar-refractivity contribution in [3.05, 3.63) is 78.0 Å². The highest BCUT2D eigenvalue weighted by molar-refractivity contribution is 5.85. The van der Waals surface area contributed by atoms with Crippen LogP contribution in [0.5, 0.6) is 0 Å². The van der Waals surface area contributed by atoms with Crippen molar-refractivity contribution in [1.82, 2.24) is 9.88 Å². The minimum absolute atomic E-state index is 0.0334. The van der Waals surface area contributed by atoms with E-state index < -0.39 is 5.41 Å². The van der Waals surface area contributed by atoms with Crippen molar-refractivity contribution < 1.29 is 9.53 Å². The number of pyridine rings is 1. The average Bonchev–Trinajstić information content (AvgIpc) is 2.96.